The monoisotopic (exact) mass is 299 g/mol. The van der Waals surface area contributed by atoms with Crippen molar-refractivity contribution in [3.05, 3.63) is 29.8 Å². The molecule has 3 nitrogen and oxygen atoms in total. The van der Waals surface area contributed by atoms with E-state index in [0.717, 1.165) is 35.0 Å². The molecule has 0 atom stereocenters. The third-order valence-corrected chi connectivity index (χ3v) is 5.95. The zero-order valence-corrected chi connectivity index (χ0v) is 13.3. The molecule has 1 aromatic rings. The van der Waals surface area contributed by atoms with Crippen LogP contribution in [0.25, 0.3) is 0 Å². The molecule has 0 spiro atoms. The summed E-state index contributed by atoms with van der Waals surface area (Å²) in [6.45, 7) is 2.62. The van der Waals surface area contributed by atoms with Crippen molar-refractivity contribution < 1.29 is 9.53 Å². The predicted molar refractivity (Wildman–Crippen MR) is 85.9 cm³/mol. The number of amides is 1. The molecule has 0 unspecified atom stereocenters. The first-order valence-corrected chi connectivity index (χ1v) is 8.76. The Morgan fingerprint density at radius 1 is 1.05 bits per heavy atom. The predicted octanol–water partition coefficient (Wildman–Crippen LogP) is 3.64. The summed E-state index contributed by atoms with van der Waals surface area (Å²) in [4.78, 5) is 12.6. The number of carbonyl (C=O) groups is 1. The first-order valence-electron chi connectivity index (χ1n) is 8.76. The summed E-state index contributed by atoms with van der Waals surface area (Å²) in [7, 11) is 0. The zero-order valence-electron chi connectivity index (χ0n) is 13.3. The summed E-state index contributed by atoms with van der Waals surface area (Å²) < 4.78 is 5.44. The largest absolute Gasteiger partial charge is 0.494 e. The topological polar surface area (TPSA) is 38.3 Å². The fourth-order valence-corrected chi connectivity index (χ4v) is 5.26. The minimum Gasteiger partial charge on any atom is -0.494 e. The van der Waals surface area contributed by atoms with Crippen LogP contribution in [0.15, 0.2) is 24.3 Å². The van der Waals surface area contributed by atoms with Crippen LogP contribution in [-0.2, 0) is 0 Å². The second-order valence-corrected chi connectivity index (χ2v) is 7.39. The number of nitrogens with one attached hydrogen (secondary N) is 1. The van der Waals surface area contributed by atoms with Gasteiger partial charge in [-0.1, -0.05) is 0 Å². The van der Waals surface area contributed by atoms with Gasteiger partial charge in [-0.25, -0.2) is 0 Å². The maximum atomic E-state index is 12.6. The summed E-state index contributed by atoms with van der Waals surface area (Å²) in [5.41, 5.74) is 0.747. The van der Waals surface area contributed by atoms with Crippen molar-refractivity contribution in [3.8, 4) is 5.75 Å². The van der Waals surface area contributed by atoms with Gasteiger partial charge < -0.3 is 10.1 Å². The van der Waals surface area contributed by atoms with Crippen molar-refractivity contribution in [3.63, 3.8) is 0 Å². The van der Waals surface area contributed by atoms with Gasteiger partial charge in [0.05, 0.1) is 6.61 Å². The van der Waals surface area contributed by atoms with Crippen LogP contribution in [0.5, 0.6) is 5.75 Å². The van der Waals surface area contributed by atoms with Gasteiger partial charge in [0.2, 0.25) is 0 Å². The van der Waals surface area contributed by atoms with Gasteiger partial charge in [-0.3, -0.25) is 4.79 Å². The molecule has 0 heterocycles. The van der Waals surface area contributed by atoms with Crippen molar-refractivity contribution >= 4 is 5.91 Å². The Balaban J connectivity index is 1.43. The molecular weight excluding hydrogens is 274 g/mol. The molecule has 118 valence electrons. The van der Waals surface area contributed by atoms with Crippen LogP contribution in [0.3, 0.4) is 0 Å². The molecule has 0 aromatic heterocycles. The Labute approximate surface area is 132 Å². The van der Waals surface area contributed by atoms with Crippen LogP contribution in [0.4, 0.5) is 0 Å². The van der Waals surface area contributed by atoms with Crippen molar-refractivity contribution in [2.45, 2.75) is 45.1 Å². The van der Waals surface area contributed by atoms with Crippen LogP contribution in [0, 0.1) is 23.7 Å². The number of benzene rings is 1. The lowest BCUT2D eigenvalue weighted by Crippen LogP contribution is -2.55. The van der Waals surface area contributed by atoms with Crippen LogP contribution < -0.4 is 10.1 Å². The van der Waals surface area contributed by atoms with E-state index < -0.39 is 0 Å². The summed E-state index contributed by atoms with van der Waals surface area (Å²) in [5.74, 6) is 4.25. The molecule has 1 aromatic carbocycles. The molecule has 1 N–H and O–H groups in total. The van der Waals surface area contributed by atoms with E-state index in [-0.39, 0.29) is 5.91 Å². The number of rotatable bonds is 4. The van der Waals surface area contributed by atoms with Gasteiger partial charge in [0, 0.05) is 11.6 Å². The van der Waals surface area contributed by atoms with E-state index >= 15 is 0 Å². The minimum atomic E-state index is 0.0838. The minimum absolute atomic E-state index is 0.0838. The third kappa shape index (κ3) is 2.51. The number of carbonyl (C=O) groups excluding carboxylic acids is 1. The summed E-state index contributed by atoms with van der Waals surface area (Å²) in [6, 6.07) is 7.92. The molecule has 4 aliphatic carbocycles. The Kier molecular flexibility index (Phi) is 3.59. The van der Waals surface area contributed by atoms with E-state index in [4.69, 9.17) is 4.74 Å². The average molecular weight is 299 g/mol. The summed E-state index contributed by atoms with van der Waals surface area (Å²) >= 11 is 0. The van der Waals surface area contributed by atoms with Crippen LogP contribution >= 0.6 is 0 Å². The second kappa shape index (κ2) is 5.60. The first kappa shape index (κ1) is 14.1. The van der Waals surface area contributed by atoms with Gasteiger partial charge in [0.25, 0.3) is 5.91 Å². The molecule has 4 saturated carbocycles. The Morgan fingerprint density at radius 2 is 1.64 bits per heavy atom. The smallest absolute Gasteiger partial charge is 0.251 e. The fourth-order valence-electron chi connectivity index (χ4n) is 5.26. The van der Waals surface area contributed by atoms with Crippen molar-refractivity contribution in [2.24, 2.45) is 23.7 Å². The van der Waals surface area contributed by atoms with E-state index in [1.54, 1.807) is 0 Å². The quantitative estimate of drug-likeness (QED) is 0.922. The Morgan fingerprint density at radius 3 is 2.18 bits per heavy atom. The highest BCUT2D eigenvalue weighted by atomic mass is 16.5. The van der Waals surface area contributed by atoms with E-state index in [1.807, 2.05) is 31.2 Å². The van der Waals surface area contributed by atoms with Gasteiger partial charge in [-0.2, -0.15) is 0 Å². The normalized spacial score (nSPS) is 35.4. The third-order valence-electron chi connectivity index (χ3n) is 5.95. The van der Waals surface area contributed by atoms with Crippen molar-refractivity contribution in [1.29, 1.82) is 0 Å². The Bertz CT molecular complexity index is 523. The molecule has 3 heteroatoms. The van der Waals surface area contributed by atoms with Crippen LogP contribution in [-0.4, -0.2) is 18.6 Å². The van der Waals surface area contributed by atoms with E-state index in [2.05, 4.69) is 5.32 Å². The molecule has 0 saturated heterocycles. The van der Waals surface area contributed by atoms with E-state index in [1.165, 1.54) is 32.1 Å². The highest BCUT2D eigenvalue weighted by Crippen LogP contribution is 2.53. The molecular formula is C19H25NO2. The maximum absolute atomic E-state index is 12.6. The van der Waals surface area contributed by atoms with Crippen LogP contribution in [0.1, 0.15) is 49.4 Å². The zero-order chi connectivity index (χ0) is 15.1. The molecule has 5 rings (SSSR count). The lowest BCUT2D eigenvalue weighted by molar-refractivity contribution is -0.0119. The molecule has 0 aliphatic heterocycles. The number of ether oxygens (including phenoxy) is 1. The fraction of sp³-hybridized carbons (Fsp3) is 0.632. The van der Waals surface area contributed by atoms with Gasteiger partial charge >= 0.3 is 0 Å². The van der Waals surface area contributed by atoms with Gasteiger partial charge in [0.1, 0.15) is 5.75 Å². The average Bonchev–Trinajstić information content (AvgIpc) is 2.51. The van der Waals surface area contributed by atoms with Gasteiger partial charge in [-0.15, -0.1) is 0 Å². The van der Waals surface area contributed by atoms with Gasteiger partial charge in [0.15, 0.2) is 0 Å². The maximum Gasteiger partial charge on any atom is 0.251 e. The first-order chi connectivity index (χ1) is 10.7. The van der Waals surface area contributed by atoms with E-state index in [9.17, 15) is 4.79 Å². The molecule has 4 bridgehead atoms. The second-order valence-electron chi connectivity index (χ2n) is 7.39. The SMILES string of the molecule is CCOc1ccc(C(=O)NC2C3CC4CC(C3)CC2C4)cc1. The molecule has 22 heavy (non-hydrogen) atoms. The lowest BCUT2D eigenvalue weighted by atomic mass is 9.54. The molecule has 1 amide bonds. The van der Waals surface area contributed by atoms with Crippen molar-refractivity contribution in [2.75, 3.05) is 6.61 Å². The van der Waals surface area contributed by atoms with E-state index in [0.29, 0.717) is 12.6 Å². The summed E-state index contributed by atoms with van der Waals surface area (Å²) in [6.07, 6.45) is 6.79. The van der Waals surface area contributed by atoms with Crippen molar-refractivity contribution in [1.82, 2.24) is 5.32 Å². The number of hydrogen-bond donors (Lipinski definition) is 1. The molecule has 4 fully saturated rings. The highest BCUT2D eigenvalue weighted by Gasteiger charge is 2.48. The molecule has 0 radical (unpaired) electrons. The molecule has 4 aliphatic rings. The Hall–Kier alpha value is -1.51. The number of hydrogen-bond acceptors (Lipinski definition) is 2. The lowest BCUT2D eigenvalue weighted by Gasteiger charge is -2.54. The highest BCUT2D eigenvalue weighted by molar-refractivity contribution is 5.94. The van der Waals surface area contributed by atoms with Crippen LogP contribution in [0.2, 0.25) is 0 Å². The summed E-state index contributed by atoms with van der Waals surface area (Å²) in [5, 5.41) is 3.35. The van der Waals surface area contributed by atoms with Gasteiger partial charge in [-0.05, 0) is 87.0 Å². The standard InChI is InChI=1S/C19H25NO2/c1-2-22-17-5-3-14(4-6-17)19(21)20-18-15-8-12-7-13(10-15)11-16(18)9-12/h3-6,12-13,15-16,18H,2,7-11H2,1H3,(H,20,21).